The quantitative estimate of drug-likeness (QED) is 0.735. The minimum Gasteiger partial charge on any atom is -0.486 e. The third kappa shape index (κ3) is 4.11. The van der Waals surface area contributed by atoms with Gasteiger partial charge in [0, 0.05) is 17.3 Å². The van der Waals surface area contributed by atoms with Crippen molar-refractivity contribution in [3.8, 4) is 22.8 Å². The van der Waals surface area contributed by atoms with Gasteiger partial charge in [0.05, 0.1) is 5.69 Å². The van der Waals surface area contributed by atoms with Crippen molar-refractivity contribution in [1.29, 1.82) is 0 Å². The molecule has 0 saturated heterocycles. The lowest BCUT2D eigenvalue weighted by molar-refractivity contribution is -0.117. The highest BCUT2D eigenvalue weighted by Gasteiger charge is 2.14. The van der Waals surface area contributed by atoms with Gasteiger partial charge in [-0.2, -0.15) is 5.10 Å². The molecule has 8 heteroatoms. The Morgan fingerprint density at radius 3 is 2.69 bits per heavy atom. The highest BCUT2D eigenvalue weighted by Crippen LogP contribution is 2.33. The number of carbonyl (C=O) groups excluding carboxylic acids is 1. The summed E-state index contributed by atoms with van der Waals surface area (Å²) in [5.74, 6) is 0.353. The van der Waals surface area contributed by atoms with E-state index < -0.39 is 17.3 Å². The van der Waals surface area contributed by atoms with Crippen LogP contribution >= 0.6 is 0 Å². The number of anilines is 1. The fourth-order valence-electron chi connectivity index (χ4n) is 2.93. The van der Waals surface area contributed by atoms with Crippen LogP contribution in [0.2, 0.25) is 0 Å². The van der Waals surface area contributed by atoms with Gasteiger partial charge in [0.15, 0.2) is 11.5 Å². The molecule has 0 fully saturated rings. The van der Waals surface area contributed by atoms with Crippen LogP contribution in [0.3, 0.4) is 0 Å². The Bertz CT molecular complexity index is 1140. The zero-order chi connectivity index (χ0) is 20.4. The Kier molecular flexibility index (Phi) is 4.99. The van der Waals surface area contributed by atoms with E-state index in [9.17, 15) is 14.0 Å². The number of aryl methyl sites for hydroxylation is 1. The van der Waals surface area contributed by atoms with Crippen molar-refractivity contribution in [1.82, 2.24) is 9.78 Å². The van der Waals surface area contributed by atoms with E-state index in [-0.39, 0.29) is 6.54 Å². The molecular weight excluding hydrogens is 377 g/mol. The van der Waals surface area contributed by atoms with Crippen LogP contribution in [0.25, 0.3) is 11.3 Å². The van der Waals surface area contributed by atoms with Crippen molar-refractivity contribution in [2.75, 3.05) is 18.5 Å². The number of fused-ring (bicyclic) bond motifs is 1. The number of carbonyl (C=O) groups is 1. The molecule has 0 aliphatic carbocycles. The van der Waals surface area contributed by atoms with Gasteiger partial charge < -0.3 is 14.8 Å². The third-order valence-electron chi connectivity index (χ3n) is 4.45. The van der Waals surface area contributed by atoms with Gasteiger partial charge in [-0.15, -0.1) is 0 Å². The molecule has 29 heavy (non-hydrogen) atoms. The molecule has 7 nitrogen and oxygen atoms in total. The van der Waals surface area contributed by atoms with Gasteiger partial charge in [-0.05, 0) is 48.9 Å². The zero-order valence-electron chi connectivity index (χ0n) is 15.6. The number of benzene rings is 2. The maximum atomic E-state index is 13.6. The van der Waals surface area contributed by atoms with E-state index in [4.69, 9.17) is 9.47 Å². The molecular formula is C21H18FN3O4. The summed E-state index contributed by atoms with van der Waals surface area (Å²) in [7, 11) is 0. The van der Waals surface area contributed by atoms with Crippen molar-refractivity contribution in [2.24, 2.45) is 0 Å². The predicted octanol–water partition coefficient (Wildman–Crippen LogP) is 2.77. The van der Waals surface area contributed by atoms with E-state index in [0.29, 0.717) is 41.7 Å². The Labute approximate surface area is 165 Å². The van der Waals surface area contributed by atoms with Crippen LogP contribution in [0.1, 0.15) is 5.56 Å². The van der Waals surface area contributed by atoms with Crippen molar-refractivity contribution in [2.45, 2.75) is 13.5 Å². The molecule has 0 atom stereocenters. The smallest absolute Gasteiger partial charge is 0.267 e. The SMILES string of the molecule is Cc1ccc(NC(=O)Cn2nc(-c3ccc4c(c3)OCCO4)ccc2=O)cc1F. The molecule has 0 bridgehead atoms. The molecule has 1 amide bonds. The first-order valence-corrected chi connectivity index (χ1v) is 9.04. The van der Waals surface area contributed by atoms with Crippen LogP contribution < -0.4 is 20.3 Å². The summed E-state index contributed by atoms with van der Waals surface area (Å²) in [4.78, 5) is 24.4. The molecule has 148 valence electrons. The van der Waals surface area contributed by atoms with Gasteiger partial charge in [-0.1, -0.05) is 6.07 Å². The summed E-state index contributed by atoms with van der Waals surface area (Å²) in [6, 6.07) is 12.7. The van der Waals surface area contributed by atoms with Gasteiger partial charge >= 0.3 is 0 Å². The maximum absolute atomic E-state index is 13.6. The van der Waals surface area contributed by atoms with Gasteiger partial charge in [-0.3, -0.25) is 9.59 Å². The summed E-state index contributed by atoms with van der Waals surface area (Å²) in [6.45, 7) is 2.29. The first-order valence-electron chi connectivity index (χ1n) is 9.04. The molecule has 1 aromatic heterocycles. The lowest BCUT2D eigenvalue weighted by Crippen LogP contribution is -2.29. The highest BCUT2D eigenvalue weighted by molar-refractivity contribution is 5.90. The molecule has 1 aliphatic rings. The van der Waals surface area contributed by atoms with Crippen molar-refractivity contribution >= 4 is 11.6 Å². The second-order valence-electron chi connectivity index (χ2n) is 6.59. The summed E-state index contributed by atoms with van der Waals surface area (Å²) in [5.41, 5.74) is 1.61. The molecule has 4 rings (SSSR count). The van der Waals surface area contributed by atoms with E-state index in [1.165, 1.54) is 12.1 Å². The van der Waals surface area contributed by atoms with Crippen LogP contribution in [0.5, 0.6) is 11.5 Å². The molecule has 1 aliphatic heterocycles. The van der Waals surface area contributed by atoms with E-state index >= 15 is 0 Å². The first-order chi connectivity index (χ1) is 14.0. The lowest BCUT2D eigenvalue weighted by Gasteiger charge is -2.18. The molecule has 0 unspecified atom stereocenters. The third-order valence-corrected chi connectivity index (χ3v) is 4.45. The maximum Gasteiger partial charge on any atom is 0.267 e. The predicted molar refractivity (Wildman–Crippen MR) is 105 cm³/mol. The van der Waals surface area contributed by atoms with Crippen molar-refractivity contribution in [3.05, 3.63) is 70.3 Å². The normalized spacial score (nSPS) is 12.5. The zero-order valence-corrected chi connectivity index (χ0v) is 15.6. The average Bonchev–Trinajstić information content (AvgIpc) is 2.72. The molecule has 2 aromatic carbocycles. The van der Waals surface area contributed by atoms with Crippen molar-refractivity contribution < 1.29 is 18.7 Å². The number of hydrogen-bond acceptors (Lipinski definition) is 5. The topological polar surface area (TPSA) is 82.5 Å². The van der Waals surface area contributed by atoms with Gasteiger partial charge in [0.25, 0.3) is 5.56 Å². The summed E-state index contributed by atoms with van der Waals surface area (Å²) >= 11 is 0. The number of hydrogen-bond donors (Lipinski definition) is 1. The number of amides is 1. The second-order valence-corrected chi connectivity index (χ2v) is 6.59. The second kappa shape index (κ2) is 7.75. The Hall–Kier alpha value is -3.68. The molecule has 0 radical (unpaired) electrons. The molecule has 0 spiro atoms. The Morgan fingerprint density at radius 1 is 1.10 bits per heavy atom. The Balaban J connectivity index is 1.54. The van der Waals surface area contributed by atoms with Crippen LogP contribution in [0.4, 0.5) is 10.1 Å². The van der Waals surface area contributed by atoms with Gasteiger partial charge in [0.2, 0.25) is 5.91 Å². The number of aromatic nitrogens is 2. The Morgan fingerprint density at radius 2 is 1.90 bits per heavy atom. The van der Waals surface area contributed by atoms with Crippen LogP contribution in [0, 0.1) is 12.7 Å². The molecule has 0 saturated carbocycles. The van der Waals surface area contributed by atoms with Gasteiger partial charge in [-0.25, -0.2) is 9.07 Å². The lowest BCUT2D eigenvalue weighted by atomic mass is 10.1. The minimum atomic E-state index is -0.484. The molecule has 1 N–H and O–H groups in total. The summed E-state index contributed by atoms with van der Waals surface area (Å²) in [6.07, 6.45) is 0. The fourth-order valence-corrected chi connectivity index (χ4v) is 2.93. The van der Waals surface area contributed by atoms with Crippen LogP contribution in [-0.2, 0) is 11.3 Å². The van der Waals surface area contributed by atoms with E-state index in [1.54, 1.807) is 43.3 Å². The van der Waals surface area contributed by atoms with E-state index in [1.807, 2.05) is 0 Å². The minimum absolute atomic E-state index is 0.299. The molecule has 2 heterocycles. The van der Waals surface area contributed by atoms with E-state index in [0.717, 1.165) is 10.2 Å². The van der Waals surface area contributed by atoms with Gasteiger partial charge in [0.1, 0.15) is 25.6 Å². The number of nitrogens with one attached hydrogen (secondary N) is 1. The van der Waals surface area contributed by atoms with Crippen LogP contribution in [-0.4, -0.2) is 28.9 Å². The largest absolute Gasteiger partial charge is 0.486 e. The number of rotatable bonds is 4. The number of halogens is 1. The summed E-state index contributed by atoms with van der Waals surface area (Å²) in [5, 5.41) is 6.85. The first kappa shape index (κ1) is 18.7. The van der Waals surface area contributed by atoms with E-state index in [2.05, 4.69) is 10.4 Å². The number of ether oxygens (including phenoxy) is 2. The van der Waals surface area contributed by atoms with Crippen molar-refractivity contribution in [3.63, 3.8) is 0 Å². The highest BCUT2D eigenvalue weighted by atomic mass is 19.1. The fraction of sp³-hybridized carbons (Fsp3) is 0.190. The average molecular weight is 395 g/mol. The standard InChI is InChI=1S/C21H18FN3O4/c1-13-2-4-15(11-16(13)22)23-20(26)12-25-21(27)7-5-17(24-25)14-3-6-18-19(10-14)29-9-8-28-18/h2-7,10-11H,8-9,12H2,1H3,(H,23,26). The summed E-state index contributed by atoms with van der Waals surface area (Å²) < 4.78 is 25.8. The van der Waals surface area contributed by atoms with Crippen LogP contribution in [0.15, 0.2) is 53.3 Å². The monoisotopic (exact) mass is 395 g/mol. The number of nitrogens with zero attached hydrogens (tertiary/aromatic N) is 2. The molecule has 3 aromatic rings.